The lowest BCUT2D eigenvalue weighted by Gasteiger charge is -2.42. The lowest BCUT2D eigenvalue weighted by molar-refractivity contribution is -0.229. The van der Waals surface area contributed by atoms with Crippen molar-refractivity contribution in [2.45, 2.75) is 69.7 Å². The average Bonchev–Trinajstić information content (AvgIpc) is 2.56. The monoisotopic (exact) mass is 302 g/mol. The average molecular weight is 302 g/mol. The summed E-state index contributed by atoms with van der Waals surface area (Å²) < 4.78 is 28.9. The first kappa shape index (κ1) is 17.2. The topological polar surface area (TPSA) is 27.7 Å². The van der Waals surface area contributed by atoms with Gasteiger partial charge in [-0.2, -0.15) is 0 Å². The fourth-order valence-corrected chi connectivity index (χ4v) is 4.07. The van der Waals surface area contributed by atoms with Gasteiger partial charge in [0.05, 0.1) is 12.8 Å². The van der Waals surface area contributed by atoms with E-state index in [1.165, 1.54) is 25.7 Å². The fraction of sp³-hybridized carbons (Fsp3) is 1.00. The van der Waals surface area contributed by atoms with Gasteiger partial charge in [-0.15, -0.1) is 0 Å². The summed E-state index contributed by atoms with van der Waals surface area (Å²) in [6, 6.07) is 0. The maximum absolute atomic E-state index is 12.1. The maximum atomic E-state index is 12.1. The second-order valence-electron chi connectivity index (χ2n) is 6.61. The highest BCUT2D eigenvalue weighted by atomic mass is 19.1. The smallest absolute Gasteiger partial charge is 0.167 e. The number of hydrogen-bond donors (Lipinski definition) is 0. The summed E-state index contributed by atoms with van der Waals surface area (Å²) in [7, 11) is 3.51. The van der Waals surface area contributed by atoms with Crippen LogP contribution in [0.25, 0.3) is 0 Å². The molecule has 4 heteroatoms. The molecule has 2 saturated carbocycles. The molecule has 0 bridgehead atoms. The molecule has 0 unspecified atom stereocenters. The summed E-state index contributed by atoms with van der Waals surface area (Å²) in [5.74, 6) is 1.32. The van der Waals surface area contributed by atoms with Crippen LogP contribution in [0.3, 0.4) is 0 Å². The Bertz CT molecular complexity index is 276. The van der Waals surface area contributed by atoms with E-state index >= 15 is 0 Å². The highest BCUT2D eigenvalue weighted by Gasteiger charge is 2.38. The van der Waals surface area contributed by atoms with Gasteiger partial charge in [0, 0.05) is 33.7 Å². The van der Waals surface area contributed by atoms with E-state index in [1.807, 2.05) is 0 Å². The molecule has 0 aromatic carbocycles. The van der Waals surface area contributed by atoms with Gasteiger partial charge in [0.2, 0.25) is 0 Å². The summed E-state index contributed by atoms with van der Waals surface area (Å²) >= 11 is 0. The molecule has 0 aromatic heterocycles. The van der Waals surface area contributed by atoms with Crippen LogP contribution in [-0.2, 0) is 14.2 Å². The van der Waals surface area contributed by atoms with Gasteiger partial charge in [-0.1, -0.05) is 0 Å². The van der Waals surface area contributed by atoms with Crippen molar-refractivity contribution >= 4 is 0 Å². The molecule has 0 spiro atoms. The van der Waals surface area contributed by atoms with E-state index in [0.29, 0.717) is 19.1 Å². The van der Waals surface area contributed by atoms with Crippen molar-refractivity contribution in [3.05, 3.63) is 0 Å². The van der Waals surface area contributed by atoms with E-state index in [4.69, 9.17) is 14.2 Å². The molecule has 0 heterocycles. The minimum atomic E-state index is -0.330. The van der Waals surface area contributed by atoms with E-state index in [-0.39, 0.29) is 12.5 Å². The van der Waals surface area contributed by atoms with Crippen molar-refractivity contribution < 1.29 is 18.6 Å². The third-order valence-electron chi connectivity index (χ3n) is 5.55. The minimum absolute atomic E-state index is 0.266. The van der Waals surface area contributed by atoms with Crippen molar-refractivity contribution in [2.75, 3.05) is 27.5 Å². The zero-order valence-electron chi connectivity index (χ0n) is 13.6. The quantitative estimate of drug-likeness (QED) is 0.523. The van der Waals surface area contributed by atoms with Crippen LogP contribution in [0.1, 0.15) is 57.8 Å². The van der Waals surface area contributed by atoms with Crippen molar-refractivity contribution in [3.8, 4) is 0 Å². The minimum Gasteiger partial charge on any atom is -0.378 e. The SMILES string of the molecule is COC1(OC)CCC(C2CCC(OCCCF)CC2)CC1. The van der Waals surface area contributed by atoms with Gasteiger partial charge in [0.15, 0.2) is 5.79 Å². The van der Waals surface area contributed by atoms with Crippen LogP contribution < -0.4 is 0 Å². The molecule has 0 atom stereocenters. The Hall–Kier alpha value is -0.190. The molecule has 3 nitrogen and oxygen atoms in total. The molecular formula is C17H31FO3. The molecular weight excluding hydrogens is 271 g/mol. The molecule has 2 aliphatic carbocycles. The zero-order valence-corrected chi connectivity index (χ0v) is 13.6. The molecule has 0 N–H and O–H groups in total. The first-order chi connectivity index (χ1) is 10.2. The Kier molecular flexibility index (Phi) is 6.90. The maximum Gasteiger partial charge on any atom is 0.167 e. The second kappa shape index (κ2) is 8.44. The van der Waals surface area contributed by atoms with E-state index in [2.05, 4.69) is 0 Å². The van der Waals surface area contributed by atoms with Crippen molar-refractivity contribution in [3.63, 3.8) is 0 Å². The van der Waals surface area contributed by atoms with Crippen LogP contribution in [0.4, 0.5) is 4.39 Å². The molecule has 2 fully saturated rings. The lowest BCUT2D eigenvalue weighted by Crippen LogP contribution is -2.40. The number of ether oxygens (including phenoxy) is 3. The van der Waals surface area contributed by atoms with Crippen molar-refractivity contribution in [1.29, 1.82) is 0 Å². The zero-order chi connectivity index (χ0) is 15.1. The molecule has 0 radical (unpaired) electrons. The normalized spacial score (nSPS) is 30.4. The number of halogens is 1. The van der Waals surface area contributed by atoms with E-state index in [0.717, 1.165) is 37.5 Å². The first-order valence-electron chi connectivity index (χ1n) is 8.51. The van der Waals surface area contributed by atoms with Crippen LogP contribution in [0, 0.1) is 11.8 Å². The van der Waals surface area contributed by atoms with Gasteiger partial charge in [-0.25, -0.2) is 0 Å². The van der Waals surface area contributed by atoms with Gasteiger partial charge in [-0.3, -0.25) is 4.39 Å². The predicted molar refractivity (Wildman–Crippen MR) is 81.0 cm³/mol. The van der Waals surface area contributed by atoms with E-state index < -0.39 is 0 Å². The Morgan fingerprint density at radius 1 is 0.905 bits per heavy atom. The Balaban J connectivity index is 1.69. The third-order valence-corrected chi connectivity index (χ3v) is 5.55. The van der Waals surface area contributed by atoms with Crippen LogP contribution in [0.5, 0.6) is 0 Å². The summed E-state index contributed by atoms with van der Waals surface area (Å²) in [6.45, 7) is 0.317. The molecule has 2 aliphatic rings. The summed E-state index contributed by atoms with van der Waals surface area (Å²) in [5, 5.41) is 0. The van der Waals surface area contributed by atoms with Crippen molar-refractivity contribution in [1.82, 2.24) is 0 Å². The van der Waals surface area contributed by atoms with Crippen LogP contribution >= 0.6 is 0 Å². The number of alkyl halides is 1. The van der Waals surface area contributed by atoms with Crippen molar-refractivity contribution in [2.24, 2.45) is 11.8 Å². The first-order valence-corrected chi connectivity index (χ1v) is 8.51. The Morgan fingerprint density at radius 3 is 2.00 bits per heavy atom. The molecule has 2 rings (SSSR count). The molecule has 124 valence electrons. The van der Waals surface area contributed by atoms with E-state index in [1.54, 1.807) is 14.2 Å². The molecule has 0 aliphatic heterocycles. The molecule has 0 aromatic rings. The highest BCUT2D eigenvalue weighted by Crippen LogP contribution is 2.43. The number of rotatable bonds is 7. The van der Waals surface area contributed by atoms with Gasteiger partial charge in [0.25, 0.3) is 0 Å². The Morgan fingerprint density at radius 2 is 1.48 bits per heavy atom. The molecule has 0 saturated heterocycles. The Labute approximate surface area is 128 Å². The fourth-order valence-electron chi connectivity index (χ4n) is 4.07. The van der Waals surface area contributed by atoms with Crippen LogP contribution in [-0.4, -0.2) is 39.4 Å². The van der Waals surface area contributed by atoms with Gasteiger partial charge in [0.1, 0.15) is 0 Å². The van der Waals surface area contributed by atoms with Gasteiger partial charge < -0.3 is 14.2 Å². The summed E-state index contributed by atoms with van der Waals surface area (Å²) in [5.41, 5.74) is 0. The molecule has 0 amide bonds. The summed E-state index contributed by atoms with van der Waals surface area (Å²) in [4.78, 5) is 0. The number of hydrogen-bond acceptors (Lipinski definition) is 3. The summed E-state index contributed by atoms with van der Waals surface area (Å²) in [6.07, 6.45) is 10.2. The lowest BCUT2D eigenvalue weighted by atomic mass is 9.71. The van der Waals surface area contributed by atoms with E-state index in [9.17, 15) is 4.39 Å². The van der Waals surface area contributed by atoms with Gasteiger partial charge in [-0.05, 0) is 56.8 Å². The predicted octanol–water partition coefficient (Wildman–Crippen LogP) is 4.10. The molecule has 21 heavy (non-hydrogen) atoms. The largest absolute Gasteiger partial charge is 0.378 e. The second-order valence-corrected chi connectivity index (χ2v) is 6.61. The highest BCUT2D eigenvalue weighted by molar-refractivity contribution is 4.85. The van der Waals surface area contributed by atoms with Crippen LogP contribution in [0.15, 0.2) is 0 Å². The van der Waals surface area contributed by atoms with Gasteiger partial charge >= 0.3 is 0 Å². The van der Waals surface area contributed by atoms with Crippen LogP contribution in [0.2, 0.25) is 0 Å². The third kappa shape index (κ3) is 4.64. The number of methoxy groups -OCH3 is 2. The standard InChI is InChI=1S/C17H31FO3/c1-19-17(20-2)10-8-15(9-11-17)14-4-6-16(7-5-14)21-13-3-12-18/h14-16H,3-13H2,1-2H3.